The first-order valence-corrected chi connectivity index (χ1v) is 8.81. The van der Waals surface area contributed by atoms with Gasteiger partial charge in [-0.2, -0.15) is 0 Å². The van der Waals surface area contributed by atoms with Crippen LogP contribution in [-0.2, 0) is 6.42 Å². The van der Waals surface area contributed by atoms with Crippen molar-refractivity contribution in [1.29, 1.82) is 0 Å². The Hall–Kier alpha value is -1.51. The van der Waals surface area contributed by atoms with Crippen molar-refractivity contribution in [2.24, 2.45) is 17.8 Å². The summed E-state index contributed by atoms with van der Waals surface area (Å²) < 4.78 is 0. The van der Waals surface area contributed by atoms with Gasteiger partial charge < -0.3 is 10.6 Å². The third kappa shape index (κ3) is 2.86. The van der Waals surface area contributed by atoms with Crippen molar-refractivity contribution in [2.75, 3.05) is 6.54 Å². The maximum atomic E-state index is 12.3. The lowest BCUT2D eigenvalue weighted by Crippen LogP contribution is -2.61. The summed E-state index contributed by atoms with van der Waals surface area (Å²) in [5.74, 6) is 2.61. The average molecular weight is 298 g/mol. The predicted molar refractivity (Wildman–Crippen MR) is 87.6 cm³/mol. The largest absolute Gasteiger partial charge is 0.338 e. The Kier molecular flexibility index (Phi) is 3.59. The second-order valence-corrected chi connectivity index (χ2v) is 7.81. The Balaban J connectivity index is 1.29. The molecule has 0 spiro atoms. The number of nitrogens with one attached hydrogen (secondary N) is 2. The highest BCUT2D eigenvalue weighted by molar-refractivity contribution is 5.74. The molecule has 118 valence electrons. The zero-order valence-electron chi connectivity index (χ0n) is 13.2. The molecule has 3 heteroatoms. The van der Waals surface area contributed by atoms with Crippen LogP contribution in [0.3, 0.4) is 0 Å². The second kappa shape index (κ2) is 5.60. The summed E-state index contributed by atoms with van der Waals surface area (Å²) in [7, 11) is 0. The lowest BCUT2D eigenvalue weighted by Gasteiger charge is -2.56. The SMILES string of the molecule is O=C(NCCc1ccccc1)NC12CC3CC(CC(C3)C1)C2. The van der Waals surface area contributed by atoms with Gasteiger partial charge >= 0.3 is 6.03 Å². The summed E-state index contributed by atoms with van der Waals surface area (Å²) in [5.41, 5.74) is 1.39. The molecule has 0 radical (unpaired) electrons. The van der Waals surface area contributed by atoms with Crippen molar-refractivity contribution in [3.8, 4) is 0 Å². The Labute approximate surface area is 132 Å². The highest BCUT2D eigenvalue weighted by Crippen LogP contribution is 2.55. The van der Waals surface area contributed by atoms with Gasteiger partial charge in [0.05, 0.1) is 0 Å². The van der Waals surface area contributed by atoms with Crippen LogP contribution < -0.4 is 10.6 Å². The highest BCUT2D eigenvalue weighted by atomic mass is 16.2. The van der Waals surface area contributed by atoms with Gasteiger partial charge in [0.25, 0.3) is 0 Å². The van der Waals surface area contributed by atoms with Crippen LogP contribution in [0.25, 0.3) is 0 Å². The molecule has 4 aliphatic carbocycles. The Morgan fingerprint density at radius 3 is 2.18 bits per heavy atom. The van der Waals surface area contributed by atoms with Crippen LogP contribution in [0, 0.1) is 17.8 Å². The van der Waals surface area contributed by atoms with Crippen LogP contribution >= 0.6 is 0 Å². The van der Waals surface area contributed by atoms with Gasteiger partial charge in [-0.3, -0.25) is 0 Å². The van der Waals surface area contributed by atoms with E-state index in [9.17, 15) is 4.79 Å². The molecule has 0 unspecified atom stereocenters. The van der Waals surface area contributed by atoms with Crippen molar-refractivity contribution in [2.45, 2.75) is 50.5 Å². The van der Waals surface area contributed by atoms with Gasteiger partial charge in [0.1, 0.15) is 0 Å². The van der Waals surface area contributed by atoms with Gasteiger partial charge in [0.15, 0.2) is 0 Å². The number of hydrogen-bond acceptors (Lipinski definition) is 1. The van der Waals surface area contributed by atoms with E-state index >= 15 is 0 Å². The average Bonchev–Trinajstić information content (AvgIpc) is 2.46. The van der Waals surface area contributed by atoms with Gasteiger partial charge in [0.2, 0.25) is 0 Å². The first kappa shape index (κ1) is 14.1. The number of carbonyl (C=O) groups excluding carboxylic acids is 1. The molecule has 2 N–H and O–H groups in total. The van der Waals surface area contributed by atoms with Crippen molar-refractivity contribution in [1.82, 2.24) is 10.6 Å². The zero-order valence-corrected chi connectivity index (χ0v) is 13.2. The first-order valence-electron chi connectivity index (χ1n) is 8.81. The Bertz CT molecular complexity index is 504. The van der Waals surface area contributed by atoms with Gasteiger partial charge in [-0.15, -0.1) is 0 Å². The molecule has 0 aliphatic heterocycles. The minimum Gasteiger partial charge on any atom is -0.338 e. The van der Waals surface area contributed by atoms with Gasteiger partial charge in [-0.25, -0.2) is 4.79 Å². The molecule has 0 atom stereocenters. The standard InChI is InChI=1S/C19H26N2O/c22-18(20-7-6-14-4-2-1-3-5-14)21-19-11-15-8-16(12-19)10-17(9-15)13-19/h1-5,15-17H,6-13H2,(H2,20,21,22). The van der Waals surface area contributed by atoms with Crippen molar-refractivity contribution >= 4 is 6.03 Å². The van der Waals surface area contributed by atoms with Crippen molar-refractivity contribution in [3.05, 3.63) is 35.9 Å². The third-order valence-electron chi connectivity index (χ3n) is 5.96. The summed E-state index contributed by atoms with van der Waals surface area (Å²) >= 11 is 0. The molecule has 1 aromatic rings. The number of benzene rings is 1. The smallest absolute Gasteiger partial charge is 0.315 e. The molecule has 2 amide bonds. The normalized spacial score (nSPS) is 35.4. The topological polar surface area (TPSA) is 41.1 Å². The molecule has 4 aliphatic rings. The number of rotatable bonds is 4. The van der Waals surface area contributed by atoms with Gasteiger partial charge in [-0.1, -0.05) is 30.3 Å². The maximum Gasteiger partial charge on any atom is 0.315 e. The molecule has 1 aromatic carbocycles. The number of urea groups is 1. The van der Waals surface area contributed by atoms with Crippen LogP contribution in [0.2, 0.25) is 0 Å². The van der Waals surface area contributed by atoms with E-state index in [0.29, 0.717) is 6.54 Å². The molecule has 4 saturated carbocycles. The van der Waals surface area contributed by atoms with Crippen LogP contribution in [0.5, 0.6) is 0 Å². The summed E-state index contributed by atoms with van der Waals surface area (Å²) in [5, 5.41) is 6.42. The van der Waals surface area contributed by atoms with E-state index in [1.165, 1.54) is 44.1 Å². The minimum absolute atomic E-state index is 0.0397. The lowest BCUT2D eigenvalue weighted by atomic mass is 9.53. The van der Waals surface area contributed by atoms with Crippen LogP contribution in [0.15, 0.2) is 30.3 Å². The van der Waals surface area contributed by atoms with Crippen molar-refractivity contribution < 1.29 is 4.79 Å². The van der Waals surface area contributed by atoms with E-state index < -0.39 is 0 Å². The predicted octanol–water partition coefficient (Wildman–Crippen LogP) is 3.50. The monoisotopic (exact) mass is 298 g/mol. The maximum absolute atomic E-state index is 12.3. The van der Waals surface area contributed by atoms with Crippen molar-refractivity contribution in [3.63, 3.8) is 0 Å². The fraction of sp³-hybridized carbons (Fsp3) is 0.632. The molecule has 0 aromatic heterocycles. The molecular formula is C19H26N2O. The van der Waals surface area contributed by atoms with Crippen LogP contribution in [0.4, 0.5) is 4.79 Å². The van der Waals surface area contributed by atoms with E-state index in [1.54, 1.807) is 0 Å². The van der Waals surface area contributed by atoms with Crippen LogP contribution in [0.1, 0.15) is 44.1 Å². The fourth-order valence-corrected chi connectivity index (χ4v) is 5.51. The minimum atomic E-state index is 0.0397. The first-order chi connectivity index (χ1) is 10.7. The second-order valence-electron chi connectivity index (χ2n) is 7.81. The van der Waals surface area contributed by atoms with E-state index in [-0.39, 0.29) is 11.6 Å². The molecule has 3 nitrogen and oxygen atoms in total. The Morgan fingerprint density at radius 2 is 1.59 bits per heavy atom. The van der Waals surface area contributed by atoms with E-state index in [2.05, 4.69) is 22.8 Å². The molecule has 0 saturated heterocycles. The number of amides is 2. The summed E-state index contributed by atoms with van der Waals surface area (Å²) in [6, 6.07) is 10.4. The summed E-state index contributed by atoms with van der Waals surface area (Å²) in [6.07, 6.45) is 8.78. The Morgan fingerprint density at radius 1 is 1.00 bits per heavy atom. The quantitative estimate of drug-likeness (QED) is 0.877. The third-order valence-corrected chi connectivity index (χ3v) is 5.96. The summed E-state index contributed by atoms with van der Waals surface area (Å²) in [4.78, 5) is 12.3. The lowest BCUT2D eigenvalue weighted by molar-refractivity contribution is -0.0135. The van der Waals surface area contributed by atoms with Gasteiger partial charge in [-0.05, 0) is 68.3 Å². The van der Waals surface area contributed by atoms with Gasteiger partial charge in [0, 0.05) is 12.1 Å². The fourth-order valence-electron chi connectivity index (χ4n) is 5.51. The zero-order chi connectivity index (χ0) is 15.0. The number of carbonyl (C=O) groups is 1. The number of hydrogen-bond donors (Lipinski definition) is 2. The molecule has 22 heavy (non-hydrogen) atoms. The van der Waals surface area contributed by atoms with E-state index in [4.69, 9.17) is 0 Å². The molecular weight excluding hydrogens is 272 g/mol. The summed E-state index contributed by atoms with van der Waals surface area (Å²) in [6.45, 7) is 0.711. The van der Waals surface area contributed by atoms with Crippen LogP contribution in [-0.4, -0.2) is 18.1 Å². The van der Waals surface area contributed by atoms with E-state index in [0.717, 1.165) is 24.2 Å². The highest BCUT2D eigenvalue weighted by Gasteiger charge is 2.51. The molecule has 4 fully saturated rings. The molecule has 0 heterocycles. The molecule has 4 bridgehead atoms. The van der Waals surface area contributed by atoms with E-state index in [1.807, 2.05) is 18.2 Å². The molecule has 5 rings (SSSR count).